The summed E-state index contributed by atoms with van der Waals surface area (Å²) in [7, 11) is 0. The highest BCUT2D eigenvalue weighted by Gasteiger charge is 2.17. The molecular formula is C18H20FN3O2S. The number of nitrogens with zero attached hydrogens (tertiary/aromatic N) is 1. The Bertz CT molecular complexity index is 756. The standard InChI is InChI=1S/C18H20FN3O2S/c19-14-9-5-4-8-13(14)18-21-10-15(25-18)17(24)20-11-16(23)22-12-6-2-1-3-7-12/h4-5,8-10,12H,1-3,6-7,11H2,(H,20,24)(H,22,23). The van der Waals surface area contributed by atoms with Crippen LogP contribution < -0.4 is 10.6 Å². The highest BCUT2D eigenvalue weighted by Crippen LogP contribution is 2.27. The lowest BCUT2D eigenvalue weighted by atomic mass is 9.95. The molecule has 0 unspecified atom stereocenters. The molecule has 0 saturated heterocycles. The maximum absolute atomic E-state index is 13.8. The van der Waals surface area contributed by atoms with Crippen LogP contribution in [-0.4, -0.2) is 29.4 Å². The topological polar surface area (TPSA) is 71.1 Å². The molecule has 1 heterocycles. The SMILES string of the molecule is O=C(CNC(=O)c1cnc(-c2ccccc2F)s1)NC1CCCCC1. The van der Waals surface area contributed by atoms with Crippen LogP contribution in [0.15, 0.2) is 30.5 Å². The summed E-state index contributed by atoms with van der Waals surface area (Å²) < 4.78 is 13.8. The number of carbonyl (C=O) groups is 2. The second-order valence-electron chi connectivity index (χ2n) is 6.09. The first kappa shape index (κ1) is 17.5. The Hall–Kier alpha value is -2.28. The molecule has 1 fully saturated rings. The third kappa shape index (κ3) is 4.63. The number of thiazole rings is 1. The van der Waals surface area contributed by atoms with Crippen molar-refractivity contribution in [1.29, 1.82) is 0 Å². The van der Waals surface area contributed by atoms with Crippen LogP contribution in [0.2, 0.25) is 0 Å². The molecule has 2 N–H and O–H groups in total. The Morgan fingerprint density at radius 3 is 2.72 bits per heavy atom. The van der Waals surface area contributed by atoms with Gasteiger partial charge >= 0.3 is 0 Å². The van der Waals surface area contributed by atoms with Crippen molar-refractivity contribution in [2.75, 3.05) is 6.54 Å². The van der Waals surface area contributed by atoms with E-state index in [1.807, 2.05) is 0 Å². The molecule has 2 amide bonds. The minimum absolute atomic E-state index is 0.0672. The van der Waals surface area contributed by atoms with Gasteiger partial charge in [0.1, 0.15) is 15.7 Å². The van der Waals surface area contributed by atoms with Gasteiger partial charge in [-0.2, -0.15) is 0 Å². The summed E-state index contributed by atoms with van der Waals surface area (Å²) in [5.41, 5.74) is 0.363. The summed E-state index contributed by atoms with van der Waals surface area (Å²) in [5, 5.41) is 5.98. The van der Waals surface area contributed by atoms with E-state index in [-0.39, 0.29) is 30.2 Å². The normalized spacial score (nSPS) is 14.9. The Balaban J connectivity index is 1.53. The van der Waals surface area contributed by atoms with Crippen molar-refractivity contribution >= 4 is 23.2 Å². The van der Waals surface area contributed by atoms with E-state index >= 15 is 0 Å². The van der Waals surface area contributed by atoms with Gasteiger partial charge in [0, 0.05) is 11.6 Å². The van der Waals surface area contributed by atoms with Crippen molar-refractivity contribution < 1.29 is 14.0 Å². The van der Waals surface area contributed by atoms with E-state index in [2.05, 4.69) is 15.6 Å². The fraction of sp³-hybridized carbons (Fsp3) is 0.389. The molecule has 5 nitrogen and oxygen atoms in total. The largest absolute Gasteiger partial charge is 0.352 e. The van der Waals surface area contributed by atoms with E-state index in [9.17, 15) is 14.0 Å². The third-order valence-electron chi connectivity index (χ3n) is 4.21. The zero-order valence-electron chi connectivity index (χ0n) is 13.8. The van der Waals surface area contributed by atoms with Gasteiger partial charge in [0.2, 0.25) is 5.91 Å². The zero-order chi connectivity index (χ0) is 17.6. The van der Waals surface area contributed by atoms with Crippen molar-refractivity contribution in [1.82, 2.24) is 15.6 Å². The van der Waals surface area contributed by atoms with Crippen LogP contribution >= 0.6 is 11.3 Å². The maximum atomic E-state index is 13.8. The van der Waals surface area contributed by atoms with Crippen molar-refractivity contribution in [3.8, 4) is 10.6 Å². The van der Waals surface area contributed by atoms with Gasteiger partial charge in [-0.1, -0.05) is 31.4 Å². The molecule has 0 aliphatic heterocycles. The predicted octanol–water partition coefficient (Wildman–Crippen LogP) is 3.13. The molecule has 1 aromatic heterocycles. The lowest BCUT2D eigenvalue weighted by Crippen LogP contribution is -2.42. The molecule has 1 aliphatic rings. The van der Waals surface area contributed by atoms with Gasteiger partial charge in [-0.25, -0.2) is 9.37 Å². The Labute approximate surface area is 149 Å². The number of halogens is 1. The molecule has 3 rings (SSSR count). The van der Waals surface area contributed by atoms with Crippen molar-refractivity contribution in [3.63, 3.8) is 0 Å². The van der Waals surface area contributed by atoms with Gasteiger partial charge in [0.05, 0.1) is 12.7 Å². The first-order valence-electron chi connectivity index (χ1n) is 8.42. The number of benzene rings is 1. The summed E-state index contributed by atoms with van der Waals surface area (Å²) in [6, 6.07) is 6.51. The summed E-state index contributed by atoms with van der Waals surface area (Å²) in [5.74, 6) is -0.936. The Kier molecular flexibility index (Phi) is 5.75. The average Bonchev–Trinajstić information content (AvgIpc) is 3.11. The van der Waals surface area contributed by atoms with Crippen molar-refractivity contribution in [3.05, 3.63) is 41.2 Å². The molecule has 25 heavy (non-hydrogen) atoms. The Morgan fingerprint density at radius 1 is 1.20 bits per heavy atom. The lowest BCUT2D eigenvalue weighted by Gasteiger charge is -2.22. The number of amides is 2. The molecule has 0 spiro atoms. The van der Waals surface area contributed by atoms with Crippen LogP contribution in [0.3, 0.4) is 0 Å². The van der Waals surface area contributed by atoms with Crippen molar-refractivity contribution in [2.45, 2.75) is 38.1 Å². The van der Waals surface area contributed by atoms with E-state index in [0.29, 0.717) is 15.4 Å². The van der Waals surface area contributed by atoms with E-state index in [1.165, 1.54) is 18.7 Å². The maximum Gasteiger partial charge on any atom is 0.263 e. The molecule has 1 aromatic carbocycles. The molecule has 0 bridgehead atoms. The fourth-order valence-electron chi connectivity index (χ4n) is 2.91. The van der Waals surface area contributed by atoms with Crippen LogP contribution in [0, 0.1) is 5.82 Å². The highest BCUT2D eigenvalue weighted by atomic mass is 32.1. The molecule has 132 valence electrons. The van der Waals surface area contributed by atoms with Gasteiger partial charge in [-0.05, 0) is 25.0 Å². The van der Waals surface area contributed by atoms with Gasteiger partial charge in [-0.3, -0.25) is 9.59 Å². The van der Waals surface area contributed by atoms with E-state index in [1.54, 1.807) is 18.2 Å². The zero-order valence-corrected chi connectivity index (χ0v) is 14.6. The van der Waals surface area contributed by atoms with Gasteiger partial charge in [-0.15, -0.1) is 11.3 Å². The number of hydrogen-bond donors (Lipinski definition) is 2. The minimum Gasteiger partial charge on any atom is -0.352 e. The predicted molar refractivity (Wildman–Crippen MR) is 94.9 cm³/mol. The monoisotopic (exact) mass is 361 g/mol. The lowest BCUT2D eigenvalue weighted by molar-refractivity contribution is -0.121. The summed E-state index contributed by atoms with van der Waals surface area (Å²) in [4.78, 5) is 28.5. The number of nitrogens with one attached hydrogen (secondary N) is 2. The number of rotatable bonds is 5. The van der Waals surface area contributed by atoms with Crippen LogP contribution in [-0.2, 0) is 4.79 Å². The third-order valence-corrected chi connectivity index (χ3v) is 5.24. The van der Waals surface area contributed by atoms with Gasteiger partial charge in [0.15, 0.2) is 0 Å². The second kappa shape index (κ2) is 8.20. The molecule has 1 aliphatic carbocycles. The summed E-state index contributed by atoms with van der Waals surface area (Å²) in [6.07, 6.45) is 6.90. The highest BCUT2D eigenvalue weighted by molar-refractivity contribution is 7.16. The van der Waals surface area contributed by atoms with Crippen LogP contribution in [0.4, 0.5) is 4.39 Å². The molecule has 0 radical (unpaired) electrons. The van der Waals surface area contributed by atoms with Gasteiger partial charge in [0.25, 0.3) is 5.91 Å². The van der Waals surface area contributed by atoms with Crippen LogP contribution in [0.5, 0.6) is 0 Å². The summed E-state index contributed by atoms with van der Waals surface area (Å²) >= 11 is 1.10. The van der Waals surface area contributed by atoms with E-state index in [0.717, 1.165) is 37.0 Å². The molecule has 7 heteroatoms. The first-order chi connectivity index (χ1) is 12.1. The Morgan fingerprint density at radius 2 is 1.96 bits per heavy atom. The average molecular weight is 361 g/mol. The number of hydrogen-bond acceptors (Lipinski definition) is 4. The second-order valence-corrected chi connectivity index (χ2v) is 7.13. The first-order valence-corrected chi connectivity index (χ1v) is 9.23. The number of aromatic nitrogens is 1. The van der Waals surface area contributed by atoms with Crippen LogP contribution in [0.1, 0.15) is 41.8 Å². The fourth-order valence-corrected chi connectivity index (χ4v) is 3.77. The smallest absolute Gasteiger partial charge is 0.263 e. The molecule has 1 saturated carbocycles. The minimum atomic E-state index is -0.379. The molecule has 2 aromatic rings. The van der Waals surface area contributed by atoms with E-state index < -0.39 is 0 Å². The summed E-state index contributed by atoms with van der Waals surface area (Å²) in [6.45, 7) is -0.0672. The van der Waals surface area contributed by atoms with Gasteiger partial charge < -0.3 is 10.6 Å². The quantitative estimate of drug-likeness (QED) is 0.859. The van der Waals surface area contributed by atoms with Crippen LogP contribution in [0.25, 0.3) is 10.6 Å². The van der Waals surface area contributed by atoms with Crippen molar-refractivity contribution in [2.24, 2.45) is 0 Å². The molecular weight excluding hydrogens is 341 g/mol. The number of carbonyl (C=O) groups excluding carboxylic acids is 2. The molecule has 0 atom stereocenters. The van der Waals surface area contributed by atoms with E-state index in [4.69, 9.17) is 0 Å².